The van der Waals surface area contributed by atoms with E-state index in [0.717, 1.165) is 17.1 Å². The van der Waals surface area contributed by atoms with E-state index in [1.165, 1.54) is 0 Å². The van der Waals surface area contributed by atoms with Crippen LogP contribution < -0.4 is 5.73 Å². The number of furan rings is 1. The average molecular weight is 183 g/mol. The molecule has 1 aromatic rings. The maximum atomic E-state index is 9.84. The number of hydrogen-bond acceptors (Lipinski definition) is 3. The van der Waals surface area contributed by atoms with E-state index in [0.29, 0.717) is 6.54 Å². The Balaban J connectivity index is 2.87. The minimum Gasteiger partial charge on any atom is -0.466 e. The molecular weight excluding hydrogens is 166 g/mol. The number of aryl methyl sites for hydroxylation is 2. The third-order valence-electron chi connectivity index (χ3n) is 2.31. The van der Waals surface area contributed by atoms with Crippen molar-refractivity contribution in [2.24, 2.45) is 11.7 Å². The first-order chi connectivity index (χ1) is 6.06. The second-order valence-corrected chi connectivity index (χ2v) is 3.53. The Hall–Kier alpha value is -0.800. The zero-order chi connectivity index (χ0) is 10.0. The smallest absolute Gasteiger partial charge is 0.106 e. The molecule has 0 aliphatic carbocycles. The van der Waals surface area contributed by atoms with Gasteiger partial charge in [-0.05, 0) is 32.4 Å². The average Bonchev–Trinajstić information content (AvgIpc) is 2.42. The van der Waals surface area contributed by atoms with Gasteiger partial charge in [0.1, 0.15) is 11.5 Å². The molecular formula is C10H17NO2. The predicted molar refractivity (Wildman–Crippen MR) is 51.4 cm³/mol. The first kappa shape index (κ1) is 10.3. The van der Waals surface area contributed by atoms with Crippen molar-refractivity contribution in [3.05, 3.63) is 23.2 Å². The van der Waals surface area contributed by atoms with Crippen LogP contribution in [0.2, 0.25) is 0 Å². The van der Waals surface area contributed by atoms with E-state index in [1.807, 2.05) is 26.8 Å². The summed E-state index contributed by atoms with van der Waals surface area (Å²) < 4.78 is 5.33. The summed E-state index contributed by atoms with van der Waals surface area (Å²) in [5.74, 6) is 1.68. The molecule has 0 fully saturated rings. The third-order valence-corrected chi connectivity index (χ3v) is 2.31. The van der Waals surface area contributed by atoms with E-state index in [-0.39, 0.29) is 5.92 Å². The SMILES string of the molecule is Cc1cc(C(O)C(C)CN)c(C)o1. The molecule has 13 heavy (non-hydrogen) atoms. The van der Waals surface area contributed by atoms with Crippen molar-refractivity contribution in [2.45, 2.75) is 26.9 Å². The van der Waals surface area contributed by atoms with Gasteiger partial charge in [-0.25, -0.2) is 0 Å². The molecule has 0 aliphatic rings. The summed E-state index contributed by atoms with van der Waals surface area (Å²) in [6.07, 6.45) is -0.512. The normalized spacial score (nSPS) is 15.8. The Bertz CT molecular complexity index is 280. The molecule has 2 unspecified atom stereocenters. The van der Waals surface area contributed by atoms with Crippen LogP contribution in [0, 0.1) is 19.8 Å². The highest BCUT2D eigenvalue weighted by molar-refractivity contribution is 5.23. The molecule has 0 saturated heterocycles. The lowest BCUT2D eigenvalue weighted by Crippen LogP contribution is -2.18. The van der Waals surface area contributed by atoms with Gasteiger partial charge < -0.3 is 15.3 Å². The quantitative estimate of drug-likeness (QED) is 0.747. The number of aliphatic hydroxyl groups is 1. The first-order valence-electron chi connectivity index (χ1n) is 4.51. The molecule has 74 valence electrons. The Morgan fingerprint density at radius 1 is 1.54 bits per heavy atom. The van der Waals surface area contributed by atoms with Gasteiger partial charge in [0.2, 0.25) is 0 Å². The van der Waals surface area contributed by atoms with Crippen LogP contribution in [0.5, 0.6) is 0 Å². The molecule has 2 atom stereocenters. The lowest BCUT2D eigenvalue weighted by atomic mass is 9.98. The van der Waals surface area contributed by atoms with Gasteiger partial charge in [-0.1, -0.05) is 6.92 Å². The highest BCUT2D eigenvalue weighted by atomic mass is 16.3. The number of hydrogen-bond donors (Lipinski definition) is 2. The lowest BCUT2D eigenvalue weighted by molar-refractivity contribution is 0.120. The summed E-state index contributed by atoms with van der Waals surface area (Å²) in [5.41, 5.74) is 6.33. The minimum atomic E-state index is -0.512. The van der Waals surface area contributed by atoms with Crippen molar-refractivity contribution >= 4 is 0 Å². The van der Waals surface area contributed by atoms with Crippen LogP contribution in [0.3, 0.4) is 0 Å². The fourth-order valence-corrected chi connectivity index (χ4v) is 1.38. The zero-order valence-electron chi connectivity index (χ0n) is 8.37. The first-order valence-corrected chi connectivity index (χ1v) is 4.51. The van der Waals surface area contributed by atoms with Crippen molar-refractivity contribution in [3.63, 3.8) is 0 Å². The fourth-order valence-electron chi connectivity index (χ4n) is 1.38. The van der Waals surface area contributed by atoms with Gasteiger partial charge in [0.15, 0.2) is 0 Å². The molecule has 3 nitrogen and oxygen atoms in total. The highest BCUT2D eigenvalue weighted by Crippen LogP contribution is 2.26. The Kier molecular flexibility index (Phi) is 3.12. The molecule has 3 heteroatoms. The Labute approximate surface area is 78.5 Å². The van der Waals surface area contributed by atoms with E-state index >= 15 is 0 Å². The number of aliphatic hydroxyl groups excluding tert-OH is 1. The summed E-state index contributed by atoms with van der Waals surface area (Å²) in [5, 5.41) is 9.84. The van der Waals surface area contributed by atoms with Crippen molar-refractivity contribution in [2.75, 3.05) is 6.54 Å². The van der Waals surface area contributed by atoms with E-state index in [2.05, 4.69) is 0 Å². The molecule has 1 heterocycles. The molecule has 1 aromatic heterocycles. The molecule has 1 rings (SSSR count). The van der Waals surface area contributed by atoms with Crippen LogP contribution in [0.15, 0.2) is 10.5 Å². The van der Waals surface area contributed by atoms with Crippen molar-refractivity contribution in [3.8, 4) is 0 Å². The highest BCUT2D eigenvalue weighted by Gasteiger charge is 2.19. The van der Waals surface area contributed by atoms with Gasteiger partial charge in [0, 0.05) is 5.56 Å². The van der Waals surface area contributed by atoms with Gasteiger partial charge in [0.05, 0.1) is 6.10 Å². The molecule has 3 N–H and O–H groups in total. The van der Waals surface area contributed by atoms with Crippen LogP contribution in [0.4, 0.5) is 0 Å². The zero-order valence-corrected chi connectivity index (χ0v) is 8.37. The lowest BCUT2D eigenvalue weighted by Gasteiger charge is -2.15. The summed E-state index contributed by atoms with van der Waals surface area (Å²) in [6, 6.07) is 1.87. The van der Waals surface area contributed by atoms with E-state index in [9.17, 15) is 5.11 Å². The van der Waals surface area contributed by atoms with Crippen LogP contribution in [-0.4, -0.2) is 11.7 Å². The topological polar surface area (TPSA) is 59.4 Å². The fraction of sp³-hybridized carbons (Fsp3) is 0.600. The molecule has 0 amide bonds. The second kappa shape index (κ2) is 3.94. The third kappa shape index (κ3) is 2.11. The van der Waals surface area contributed by atoms with Crippen LogP contribution in [0.1, 0.15) is 30.1 Å². The van der Waals surface area contributed by atoms with E-state index in [1.54, 1.807) is 0 Å². The number of rotatable bonds is 3. The van der Waals surface area contributed by atoms with Crippen molar-refractivity contribution in [1.82, 2.24) is 0 Å². The molecule has 0 aliphatic heterocycles. The summed E-state index contributed by atoms with van der Waals surface area (Å²) in [4.78, 5) is 0. The van der Waals surface area contributed by atoms with Crippen LogP contribution >= 0.6 is 0 Å². The maximum absolute atomic E-state index is 9.84. The summed E-state index contributed by atoms with van der Waals surface area (Å²) in [6.45, 7) is 6.13. The molecule has 0 saturated carbocycles. The van der Waals surface area contributed by atoms with Crippen molar-refractivity contribution in [1.29, 1.82) is 0 Å². The van der Waals surface area contributed by atoms with Gasteiger partial charge in [-0.2, -0.15) is 0 Å². The van der Waals surface area contributed by atoms with Gasteiger partial charge >= 0.3 is 0 Å². The summed E-state index contributed by atoms with van der Waals surface area (Å²) >= 11 is 0. The molecule has 0 radical (unpaired) electrons. The molecule has 0 bridgehead atoms. The number of nitrogens with two attached hydrogens (primary N) is 1. The van der Waals surface area contributed by atoms with Crippen molar-refractivity contribution < 1.29 is 9.52 Å². The summed E-state index contributed by atoms with van der Waals surface area (Å²) in [7, 11) is 0. The predicted octanol–water partition coefficient (Wildman–Crippen LogP) is 1.52. The standard InChI is InChI=1S/C10H17NO2/c1-6(5-11)10(12)9-4-7(2)13-8(9)3/h4,6,10,12H,5,11H2,1-3H3. The van der Waals surface area contributed by atoms with Crippen LogP contribution in [0.25, 0.3) is 0 Å². The van der Waals surface area contributed by atoms with E-state index in [4.69, 9.17) is 10.2 Å². The van der Waals surface area contributed by atoms with E-state index < -0.39 is 6.10 Å². The van der Waals surface area contributed by atoms with Crippen LogP contribution in [-0.2, 0) is 0 Å². The Morgan fingerprint density at radius 3 is 2.54 bits per heavy atom. The van der Waals surface area contributed by atoms with Gasteiger partial charge in [-0.3, -0.25) is 0 Å². The second-order valence-electron chi connectivity index (χ2n) is 3.53. The minimum absolute atomic E-state index is 0.0655. The largest absolute Gasteiger partial charge is 0.466 e. The van der Waals surface area contributed by atoms with Gasteiger partial charge in [-0.15, -0.1) is 0 Å². The maximum Gasteiger partial charge on any atom is 0.106 e. The molecule has 0 aromatic carbocycles. The van der Waals surface area contributed by atoms with Gasteiger partial charge in [0.25, 0.3) is 0 Å². The molecule has 0 spiro atoms. The Morgan fingerprint density at radius 2 is 2.15 bits per heavy atom. The monoisotopic (exact) mass is 183 g/mol.